The van der Waals surface area contributed by atoms with E-state index in [9.17, 15) is 4.79 Å². The molecule has 172 valence electrons. The third kappa shape index (κ3) is 5.28. The first kappa shape index (κ1) is 23.3. The van der Waals surface area contributed by atoms with E-state index in [1.165, 1.54) is 45.2 Å². The van der Waals surface area contributed by atoms with Crippen LogP contribution in [0.2, 0.25) is 0 Å². The number of hydrogen-bond donors (Lipinski definition) is 2. The number of hydrogen-bond acceptors (Lipinski definition) is 4. The molecule has 2 heterocycles. The summed E-state index contributed by atoms with van der Waals surface area (Å²) in [5, 5.41) is 7.17. The summed E-state index contributed by atoms with van der Waals surface area (Å²) in [4.78, 5) is 24.3. The number of nitrogens with zero attached hydrogens (tertiary/aromatic N) is 4. The maximum absolute atomic E-state index is 12.9. The summed E-state index contributed by atoms with van der Waals surface area (Å²) >= 11 is 0. The van der Waals surface area contributed by atoms with Crippen LogP contribution in [0.4, 0.5) is 0 Å². The number of carbonyl (C=O) groups is 1. The molecular formula is C23H44N6O. The predicted octanol–water partition coefficient (Wildman–Crippen LogP) is 1.75. The average molecular weight is 421 g/mol. The van der Waals surface area contributed by atoms with Crippen LogP contribution in [0.1, 0.15) is 57.8 Å². The number of rotatable bonds is 6. The minimum atomic E-state index is -0.279. The fraction of sp³-hybridized carbons (Fsp3) is 0.913. The number of guanidine groups is 1. The first-order chi connectivity index (χ1) is 14.4. The van der Waals surface area contributed by atoms with Crippen molar-refractivity contribution in [3.63, 3.8) is 0 Å². The molecule has 0 unspecified atom stereocenters. The van der Waals surface area contributed by atoms with E-state index in [4.69, 9.17) is 0 Å². The molecule has 2 saturated heterocycles. The molecule has 0 aromatic carbocycles. The second kappa shape index (κ2) is 10.3. The third-order valence-corrected chi connectivity index (χ3v) is 7.77. The Morgan fingerprint density at radius 2 is 1.50 bits per heavy atom. The van der Waals surface area contributed by atoms with Gasteiger partial charge in [-0.15, -0.1) is 0 Å². The van der Waals surface area contributed by atoms with Crippen molar-refractivity contribution in [1.29, 1.82) is 0 Å². The Morgan fingerprint density at radius 3 is 2.07 bits per heavy atom. The summed E-state index contributed by atoms with van der Waals surface area (Å²) in [6.07, 6.45) is 10.6. The molecule has 1 saturated carbocycles. The average Bonchev–Trinajstić information content (AvgIpc) is 3.25. The lowest BCUT2D eigenvalue weighted by Crippen LogP contribution is -2.62. The van der Waals surface area contributed by atoms with Crippen LogP contribution in [0.5, 0.6) is 0 Å². The second-order valence-corrected chi connectivity index (χ2v) is 10.0. The van der Waals surface area contributed by atoms with E-state index in [1.807, 2.05) is 21.1 Å². The van der Waals surface area contributed by atoms with Crippen LogP contribution >= 0.6 is 0 Å². The van der Waals surface area contributed by atoms with Gasteiger partial charge in [0.25, 0.3) is 0 Å². The maximum Gasteiger partial charge on any atom is 0.230 e. The number of aliphatic imine (C=N–C) groups is 1. The van der Waals surface area contributed by atoms with Crippen LogP contribution in [0, 0.1) is 5.41 Å². The van der Waals surface area contributed by atoms with E-state index in [0.29, 0.717) is 6.54 Å². The second-order valence-electron chi connectivity index (χ2n) is 10.0. The Kier molecular flexibility index (Phi) is 8.02. The zero-order valence-electron chi connectivity index (χ0n) is 19.8. The zero-order chi connectivity index (χ0) is 21.6. The minimum absolute atomic E-state index is 0.217. The van der Waals surface area contributed by atoms with Gasteiger partial charge in [0.2, 0.25) is 5.91 Å². The van der Waals surface area contributed by atoms with E-state index in [0.717, 1.165) is 51.3 Å². The lowest BCUT2D eigenvalue weighted by molar-refractivity contribution is -0.138. The lowest BCUT2D eigenvalue weighted by atomic mass is 9.84. The fourth-order valence-corrected chi connectivity index (χ4v) is 5.72. The Bertz CT molecular complexity index is 585. The Labute approximate surface area is 183 Å². The van der Waals surface area contributed by atoms with Crippen molar-refractivity contribution in [2.24, 2.45) is 10.4 Å². The molecule has 0 bridgehead atoms. The number of piperidine rings is 2. The summed E-state index contributed by atoms with van der Waals surface area (Å²) in [5.41, 5.74) is -0.0612. The molecule has 0 aromatic heterocycles. The maximum atomic E-state index is 12.9. The molecule has 2 aliphatic heterocycles. The van der Waals surface area contributed by atoms with E-state index in [1.54, 1.807) is 4.90 Å². The molecule has 3 aliphatic rings. The molecular weight excluding hydrogens is 376 g/mol. The van der Waals surface area contributed by atoms with Gasteiger partial charge < -0.3 is 20.4 Å². The molecule has 0 radical (unpaired) electrons. The number of carbonyl (C=O) groups excluding carboxylic acids is 1. The number of likely N-dealkylation sites (tertiary alicyclic amines) is 2. The summed E-state index contributed by atoms with van der Waals surface area (Å²) in [7, 11) is 7.82. The van der Waals surface area contributed by atoms with Crippen LogP contribution in [-0.4, -0.2) is 99.6 Å². The molecule has 1 amide bonds. The van der Waals surface area contributed by atoms with Gasteiger partial charge >= 0.3 is 0 Å². The van der Waals surface area contributed by atoms with Crippen molar-refractivity contribution in [1.82, 2.24) is 25.3 Å². The summed E-state index contributed by atoms with van der Waals surface area (Å²) in [5.74, 6) is 1.09. The molecule has 1 aliphatic carbocycles. The van der Waals surface area contributed by atoms with Gasteiger partial charge in [-0.05, 0) is 71.8 Å². The van der Waals surface area contributed by atoms with Gasteiger partial charge in [0, 0.05) is 39.8 Å². The largest absolute Gasteiger partial charge is 0.355 e. The molecule has 0 spiro atoms. The van der Waals surface area contributed by atoms with Crippen LogP contribution in [0.25, 0.3) is 0 Å². The first-order valence-electron chi connectivity index (χ1n) is 12.0. The SMILES string of the molecule is CN=C(NCC1(C(=O)N(C)C)CCCC1)NCC1(N2CCCCC2)CCN(C)CC1. The van der Waals surface area contributed by atoms with Crippen LogP contribution < -0.4 is 10.6 Å². The lowest BCUT2D eigenvalue weighted by Gasteiger charge is -2.50. The Balaban J connectivity index is 1.62. The van der Waals surface area contributed by atoms with Gasteiger partial charge in [0.15, 0.2) is 5.96 Å². The van der Waals surface area contributed by atoms with Gasteiger partial charge in [0.1, 0.15) is 0 Å². The van der Waals surface area contributed by atoms with Crippen LogP contribution in [0.3, 0.4) is 0 Å². The molecule has 7 nitrogen and oxygen atoms in total. The highest BCUT2D eigenvalue weighted by Crippen LogP contribution is 2.39. The predicted molar refractivity (Wildman–Crippen MR) is 124 cm³/mol. The van der Waals surface area contributed by atoms with Gasteiger partial charge in [-0.1, -0.05) is 19.3 Å². The molecule has 3 rings (SSSR count). The van der Waals surface area contributed by atoms with Gasteiger partial charge in [-0.3, -0.25) is 14.7 Å². The van der Waals surface area contributed by atoms with Gasteiger partial charge in [0.05, 0.1) is 5.41 Å². The zero-order valence-corrected chi connectivity index (χ0v) is 19.8. The molecule has 0 aromatic rings. The smallest absolute Gasteiger partial charge is 0.230 e. The normalized spacial score (nSPS) is 25.1. The van der Waals surface area contributed by atoms with Crippen molar-refractivity contribution in [2.75, 3.05) is 67.5 Å². The minimum Gasteiger partial charge on any atom is -0.355 e. The van der Waals surface area contributed by atoms with Crippen molar-refractivity contribution in [3.05, 3.63) is 0 Å². The topological polar surface area (TPSA) is 63.2 Å². The first-order valence-corrected chi connectivity index (χ1v) is 12.0. The van der Waals surface area contributed by atoms with Crippen molar-refractivity contribution in [3.8, 4) is 0 Å². The highest BCUT2D eigenvalue weighted by Gasteiger charge is 2.43. The van der Waals surface area contributed by atoms with Crippen molar-refractivity contribution in [2.45, 2.75) is 63.3 Å². The fourth-order valence-electron chi connectivity index (χ4n) is 5.72. The molecule has 7 heteroatoms. The van der Waals surface area contributed by atoms with Crippen LogP contribution in [0.15, 0.2) is 4.99 Å². The van der Waals surface area contributed by atoms with E-state index >= 15 is 0 Å². The highest BCUT2D eigenvalue weighted by atomic mass is 16.2. The van der Waals surface area contributed by atoms with E-state index < -0.39 is 0 Å². The number of nitrogens with one attached hydrogen (secondary N) is 2. The van der Waals surface area contributed by atoms with Crippen molar-refractivity contribution < 1.29 is 4.79 Å². The van der Waals surface area contributed by atoms with Gasteiger partial charge in [-0.2, -0.15) is 0 Å². The Hall–Kier alpha value is -1.34. The van der Waals surface area contributed by atoms with Gasteiger partial charge in [-0.25, -0.2) is 0 Å². The standard InChI is InChI=1S/C23H44N6O/c1-24-21(25-18-22(10-6-7-11-22)20(30)27(2)3)26-19-23(12-16-28(4)17-13-23)29-14-8-5-9-15-29/h5-19H2,1-4H3,(H2,24,25,26). The molecule has 0 atom stereocenters. The monoisotopic (exact) mass is 420 g/mol. The molecule has 30 heavy (non-hydrogen) atoms. The Morgan fingerprint density at radius 1 is 0.900 bits per heavy atom. The number of amides is 1. The summed E-state index contributed by atoms with van der Waals surface area (Å²) in [6, 6.07) is 0. The third-order valence-electron chi connectivity index (χ3n) is 7.77. The van der Waals surface area contributed by atoms with Crippen LogP contribution in [-0.2, 0) is 4.79 Å². The summed E-state index contributed by atoms with van der Waals surface area (Å²) < 4.78 is 0. The van der Waals surface area contributed by atoms with E-state index in [2.05, 4.69) is 32.5 Å². The summed E-state index contributed by atoms with van der Waals surface area (Å²) in [6.45, 7) is 6.35. The molecule has 2 N–H and O–H groups in total. The highest BCUT2D eigenvalue weighted by molar-refractivity contribution is 5.85. The van der Waals surface area contributed by atoms with Crippen molar-refractivity contribution >= 4 is 11.9 Å². The van der Waals surface area contributed by atoms with E-state index in [-0.39, 0.29) is 16.9 Å². The quantitative estimate of drug-likeness (QED) is 0.506. The molecule has 3 fully saturated rings.